The molecule has 0 bridgehead atoms. The van der Waals surface area contributed by atoms with Gasteiger partial charge in [0.15, 0.2) is 0 Å². The molecule has 0 saturated carbocycles. The minimum Gasteiger partial charge on any atom is -0.480 e. The lowest BCUT2D eigenvalue weighted by atomic mass is 9.99. The largest absolute Gasteiger partial charge is 0.480 e. The quantitative estimate of drug-likeness (QED) is 0.321. The third kappa shape index (κ3) is 4.51. The molecule has 7 nitrogen and oxygen atoms in total. The number of hydrogen-bond acceptors (Lipinski definition) is 5. The normalized spacial score (nSPS) is 12.0. The molecule has 0 fully saturated rings. The Morgan fingerprint density at radius 2 is 1.64 bits per heavy atom. The first-order valence-electron chi connectivity index (χ1n) is 11.5. The lowest BCUT2D eigenvalue weighted by Gasteiger charge is -2.15. The number of benzene rings is 3. The summed E-state index contributed by atoms with van der Waals surface area (Å²) in [7, 11) is 0. The van der Waals surface area contributed by atoms with E-state index in [-0.39, 0.29) is 18.4 Å². The summed E-state index contributed by atoms with van der Waals surface area (Å²) >= 11 is 0. The molecule has 36 heavy (non-hydrogen) atoms. The number of amides is 1. The molecule has 7 heteroatoms. The monoisotopic (exact) mass is 481 g/mol. The van der Waals surface area contributed by atoms with E-state index in [1.807, 2.05) is 42.5 Å². The third-order valence-electron chi connectivity index (χ3n) is 6.32. The van der Waals surface area contributed by atoms with E-state index in [1.165, 1.54) is 0 Å². The van der Waals surface area contributed by atoms with E-state index in [2.05, 4.69) is 5.32 Å². The molecule has 1 amide bonds. The maximum Gasteiger partial charge on any atom is 0.340 e. The van der Waals surface area contributed by atoms with E-state index in [4.69, 9.17) is 8.83 Å². The van der Waals surface area contributed by atoms with Crippen LogP contribution in [0.5, 0.6) is 0 Å². The highest BCUT2D eigenvalue weighted by atomic mass is 16.4. The molecule has 2 N–H and O–H groups in total. The number of carbonyl (C=O) groups excluding carboxylic acids is 1. The van der Waals surface area contributed by atoms with Crippen molar-refractivity contribution >= 4 is 33.8 Å². The molecular formula is C29H23NO6. The van der Waals surface area contributed by atoms with Gasteiger partial charge in [-0.2, -0.15) is 0 Å². The molecule has 180 valence electrons. The van der Waals surface area contributed by atoms with Gasteiger partial charge in [-0.25, -0.2) is 9.59 Å². The SMILES string of the molecule is Cc1c(CC(=O)NC(Cc2ccccc2)C(=O)O)c(=O)oc2cc3occ(-c4ccccc4)c3cc12. The van der Waals surface area contributed by atoms with Crippen molar-refractivity contribution in [1.29, 1.82) is 0 Å². The molecule has 1 unspecified atom stereocenters. The molecular weight excluding hydrogens is 458 g/mol. The van der Waals surface area contributed by atoms with Crippen LogP contribution in [0, 0.1) is 6.92 Å². The van der Waals surface area contributed by atoms with Crippen molar-refractivity contribution in [3.05, 3.63) is 106 Å². The van der Waals surface area contributed by atoms with Gasteiger partial charge in [0.25, 0.3) is 0 Å². The first-order chi connectivity index (χ1) is 17.4. The zero-order valence-corrected chi connectivity index (χ0v) is 19.5. The molecule has 3 aromatic carbocycles. The van der Waals surface area contributed by atoms with E-state index in [0.717, 1.165) is 22.1 Å². The van der Waals surface area contributed by atoms with Crippen LogP contribution in [0.1, 0.15) is 16.7 Å². The van der Waals surface area contributed by atoms with Gasteiger partial charge in [0.05, 0.1) is 18.2 Å². The van der Waals surface area contributed by atoms with Crippen molar-refractivity contribution in [3.63, 3.8) is 0 Å². The van der Waals surface area contributed by atoms with E-state index < -0.39 is 23.5 Å². The molecule has 5 aromatic rings. The predicted molar refractivity (Wildman–Crippen MR) is 136 cm³/mol. The van der Waals surface area contributed by atoms with Crippen LogP contribution in [0.2, 0.25) is 0 Å². The van der Waals surface area contributed by atoms with Gasteiger partial charge in [-0.15, -0.1) is 0 Å². The van der Waals surface area contributed by atoms with Gasteiger partial charge >= 0.3 is 11.6 Å². The number of aryl methyl sites for hydroxylation is 1. The Labute approximate surface area is 206 Å². The Kier molecular flexibility index (Phi) is 6.12. The van der Waals surface area contributed by atoms with Crippen molar-refractivity contribution < 1.29 is 23.5 Å². The summed E-state index contributed by atoms with van der Waals surface area (Å²) in [4.78, 5) is 37.3. The highest BCUT2D eigenvalue weighted by molar-refractivity contribution is 6.02. The van der Waals surface area contributed by atoms with Crippen LogP contribution in [-0.4, -0.2) is 23.0 Å². The van der Waals surface area contributed by atoms with Gasteiger partial charge in [0, 0.05) is 28.8 Å². The Morgan fingerprint density at radius 1 is 0.944 bits per heavy atom. The molecule has 0 aliphatic carbocycles. The fourth-order valence-corrected chi connectivity index (χ4v) is 4.41. The van der Waals surface area contributed by atoms with Crippen molar-refractivity contribution in [1.82, 2.24) is 5.32 Å². The maximum absolute atomic E-state index is 12.8. The number of rotatable bonds is 7. The maximum atomic E-state index is 12.8. The second-order valence-electron chi connectivity index (χ2n) is 8.68. The van der Waals surface area contributed by atoms with Crippen LogP contribution >= 0.6 is 0 Å². The number of furan rings is 1. The molecule has 0 spiro atoms. The van der Waals surface area contributed by atoms with Crippen molar-refractivity contribution in [2.75, 3.05) is 0 Å². The lowest BCUT2D eigenvalue weighted by molar-refractivity contribution is -0.141. The Morgan fingerprint density at radius 3 is 2.33 bits per heavy atom. The summed E-state index contributed by atoms with van der Waals surface area (Å²) in [5.74, 6) is -1.72. The fourth-order valence-electron chi connectivity index (χ4n) is 4.41. The smallest absolute Gasteiger partial charge is 0.340 e. The number of hydrogen-bond donors (Lipinski definition) is 2. The zero-order chi connectivity index (χ0) is 25.2. The minimum absolute atomic E-state index is 0.133. The topological polar surface area (TPSA) is 110 Å². The number of fused-ring (bicyclic) bond motifs is 2. The first-order valence-corrected chi connectivity index (χ1v) is 11.5. The van der Waals surface area contributed by atoms with Crippen LogP contribution in [0.4, 0.5) is 0 Å². The highest BCUT2D eigenvalue weighted by Gasteiger charge is 2.23. The summed E-state index contributed by atoms with van der Waals surface area (Å²) in [5.41, 5.74) is 3.77. The molecule has 1 atom stereocenters. The van der Waals surface area contributed by atoms with Gasteiger partial charge in [-0.1, -0.05) is 60.7 Å². The van der Waals surface area contributed by atoms with E-state index >= 15 is 0 Å². The van der Waals surface area contributed by atoms with E-state index in [0.29, 0.717) is 22.1 Å². The molecule has 2 aromatic heterocycles. The first kappa shape index (κ1) is 23.1. The molecule has 0 aliphatic rings. The zero-order valence-electron chi connectivity index (χ0n) is 19.5. The second-order valence-corrected chi connectivity index (χ2v) is 8.68. The van der Waals surface area contributed by atoms with Gasteiger partial charge in [0.2, 0.25) is 5.91 Å². The average Bonchev–Trinajstić information content (AvgIpc) is 3.29. The van der Waals surface area contributed by atoms with Crippen molar-refractivity contribution in [2.24, 2.45) is 0 Å². The van der Waals surface area contributed by atoms with Crippen LogP contribution in [-0.2, 0) is 22.4 Å². The molecule has 0 aliphatic heterocycles. The summed E-state index contributed by atoms with van der Waals surface area (Å²) in [6.45, 7) is 1.76. The Bertz CT molecular complexity index is 1630. The van der Waals surface area contributed by atoms with Crippen LogP contribution in [0.3, 0.4) is 0 Å². The number of aliphatic carboxylic acids is 1. The molecule has 2 heterocycles. The second kappa shape index (κ2) is 9.54. The number of carbonyl (C=O) groups is 2. The van der Waals surface area contributed by atoms with Crippen LogP contribution < -0.4 is 10.9 Å². The summed E-state index contributed by atoms with van der Waals surface area (Å²) in [6.07, 6.45) is 1.51. The summed E-state index contributed by atoms with van der Waals surface area (Å²) in [5, 5.41) is 13.7. The van der Waals surface area contributed by atoms with Crippen LogP contribution in [0.15, 0.2) is 92.7 Å². The minimum atomic E-state index is -1.15. The predicted octanol–water partition coefficient (Wildman–Crippen LogP) is 4.87. The van der Waals surface area contributed by atoms with E-state index in [9.17, 15) is 19.5 Å². The lowest BCUT2D eigenvalue weighted by Crippen LogP contribution is -2.43. The van der Waals surface area contributed by atoms with Gasteiger partial charge < -0.3 is 19.3 Å². The molecule has 5 rings (SSSR count). The third-order valence-corrected chi connectivity index (χ3v) is 6.32. The molecule has 0 saturated heterocycles. The number of carboxylic acid groups (broad SMARTS) is 1. The van der Waals surface area contributed by atoms with E-state index in [1.54, 1.807) is 43.5 Å². The Hall–Kier alpha value is -4.65. The number of carboxylic acids is 1. The van der Waals surface area contributed by atoms with Gasteiger partial charge in [-0.05, 0) is 29.7 Å². The van der Waals surface area contributed by atoms with Crippen LogP contribution in [0.25, 0.3) is 33.1 Å². The average molecular weight is 482 g/mol. The van der Waals surface area contributed by atoms with Gasteiger partial charge in [0.1, 0.15) is 17.2 Å². The summed E-state index contributed by atoms with van der Waals surface area (Å²) in [6, 6.07) is 21.3. The van der Waals surface area contributed by atoms with Crippen molar-refractivity contribution in [3.8, 4) is 11.1 Å². The fraction of sp³-hybridized carbons (Fsp3) is 0.138. The molecule has 0 radical (unpaired) electrons. The standard InChI is InChI=1S/C29H23NO6/c1-17-20-13-22-23(19-10-6-3-7-11-19)16-35-25(22)15-26(20)36-29(34)21(17)14-27(31)30-24(28(32)33)12-18-8-4-2-5-9-18/h2-11,13,15-16,24H,12,14H2,1H3,(H,30,31)(H,32,33). The number of nitrogens with one attached hydrogen (secondary N) is 1. The summed E-state index contributed by atoms with van der Waals surface area (Å²) < 4.78 is 11.3. The van der Waals surface area contributed by atoms with Gasteiger partial charge in [-0.3, -0.25) is 4.79 Å². The Balaban J connectivity index is 1.46. The van der Waals surface area contributed by atoms with Crippen molar-refractivity contribution in [2.45, 2.75) is 25.8 Å². The highest BCUT2D eigenvalue weighted by Crippen LogP contribution is 2.34.